The van der Waals surface area contributed by atoms with Crippen molar-refractivity contribution in [1.82, 2.24) is 9.55 Å². The van der Waals surface area contributed by atoms with Crippen molar-refractivity contribution in [3.05, 3.63) is 29.6 Å². The highest BCUT2D eigenvalue weighted by Gasteiger charge is 2.37. The summed E-state index contributed by atoms with van der Waals surface area (Å²) in [6.07, 6.45) is 5.98. The topological polar surface area (TPSA) is 55.1 Å². The van der Waals surface area contributed by atoms with Crippen molar-refractivity contribution in [2.24, 2.45) is 0 Å². The molecule has 1 aliphatic carbocycles. The van der Waals surface area contributed by atoms with Crippen LogP contribution in [0.3, 0.4) is 0 Å². The largest absolute Gasteiger partial charge is 0.478 e. The first-order chi connectivity index (χ1) is 9.54. The minimum atomic E-state index is -0.904. The summed E-state index contributed by atoms with van der Waals surface area (Å²) in [7, 11) is 0. The average Bonchev–Trinajstić information content (AvgIpc) is 2.68. The molecule has 1 aliphatic rings. The fraction of sp³-hybridized carbons (Fsp3) is 0.467. The highest BCUT2D eigenvalue weighted by Crippen LogP contribution is 2.44. The van der Waals surface area contributed by atoms with E-state index in [4.69, 9.17) is 5.11 Å². The van der Waals surface area contributed by atoms with Crippen LogP contribution in [0.5, 0.6) is 0 Å². The maximum atomic E-state index is 11.0. The lowest BCUT2D eigenvalue weighted by atomic mass is 9.84. The van der Waals surface area contributed by atoms with Gasteiger partial charge in [-0.1, -0.05) is 6.42 Å². The minimum Gasteiger partial charge on any atom is -0.478 e. The Morgan fingerprint density at radius 1 is 1.50 bits per heavy atom. The van der Waals surface area contributed by atoms with Gasteiger partial charge in [0.15, 0.2) is 0 Å². The molecule has 1 saturated carbocycles. The van der Waals surface area contributed by atoms with Crippen LogP contribution in [0.15, 0.2) is 18.2 Å². The van der Waals surface area contributed by atoms with Crippen LogP contribution in [-0.2, 0) is 6.54 Å². The second-order valence-corrected chi connectivity index (χ2v) is 6.77. The number of thioether (sulfide) groups is 1. The molecule has 0 radical (unpaired) electrons. The molecule has 5 heteroatoms. The predicted molar refractivity (Wildman–Crippen MR) is 81.5 cm³/mol. The molecule has 20 heavy (non-hydrogen) atoms. The first kappa shape index (κ1) is 13.5. The van der Waals surface area contributed by atoms with Gasteiger partial charge in [-0.15, -0.1) is 0 Å². The molecule has 3 rings (SSSR count). The van der Waals surface area contributed by atoms with Gasteiger partial charge in [0.25, 0.3) is 0 Å². The first-order valence-electron chi connectivity index (χ1n) is 6.80. The number of hydrogen-bond acceptors (Lipinski definition) is 3. The fourth-order valence-electron chi connectivity index (χ4n) is 2.87. The molecule has 0 saturated heterocycles. The number of hydrogen-bond donors (Lipinski definition) is 1. The number of imidazole rings is 1. The molecule has 0 atom stereocenters. The van der Waals surface area contributed by atoms with E-state index in [2.05, 4.69) is 15.8 Å². The van der Waals surface area contributed by atoms with Crippen molar-refractivity contribution in [1.29, 1.82) is 0 Å². The van der Waals surface area contributed by atoms with Crippen molar-refractivity contribution in [2.75, 3.05) is 6.26 Å². The maximum Gasteiger partial charge on any atom is 0.335 e. The minimum absolute atomic E-state index is 0.297. The highest BCUT2D eigenvalue weighted by atomic mass is 32.2. The summed E-state index contributed by atoms with van der Waals surface area (Å²) in [5.41, 5.74) is 2.11. The molecule has 4 nitrogen and oxygen atoms in total. The zero-order chi connectivity index (χ0) is 14.3. The summed E-state index contributed by atoms with van der Waals surface area (Å²) < 4.78 is 2.57. The van der Waals surface area contributed by atoms with E-state index in [9.17, 15) is 4.79 Å². The Morgan fingerprint density at radius 2 is 2.25 bits per heavy atom. The van der Waals surface area contributed by atoms with Crippen LogP contribution in [0.1, 0.15) is 35.4 Å². The Bertz CT molecular complexity index is 668. The third-order valence-electron chi connectivity index (χ3n) is 4.33. The van der Waals surface area contributed by atoms with Crippen molar-refractivity contribution >= 4 is 28.8 Å². The standard InChI is InChI=1S/C15H18N2O2S/c1-10-16-12-8-11(14(18)19)4-5-13(12)17(10)9-15(20-2)6-3-7-15/h4-5,8H,3,6-7,9H2,1-2H3,(H,18,19). The van der Waals surface area contributed by atoms with E-state index in [0.717, 1.165) is 23.4 Å². The van der Waals surface area contributed by atoms with Crippen LogP contribution < -0.4 is 0 Å². The van der Waals surface area contributed by atoms with E-state index in [1.807, 2.05) is 24.8 Å². The number of benzene rings is 1. The lowest BCUT2D eigenvalue weighted by molar-refractivity contribution is 0.0697. The molecule has 0 amide bonds. The lowest BCUT2D eigenvalue weighted by Gasteiger charge is -2.41. The molecule has 0 bridgehead atoms. The van der Waals surface area contributed by atoms with Crippen molar-refractivity contribution < 1.29 is 9.90 Å². The number of aromatic nitrogens is 2. The van der Waals surface area contributed by atoms with E-state index in [0.29, 0.717) is 10.3 Å². The van der Waals surface area contributed by atoms with Crippen LogP contribution in [0.4, 0.5) is 0 Å². The number of carboxylic acids is 1. The molecular formula is C15H18N2O2S. The Labute approximate surface area is 122 Å². The lowest BCUT2D eigenvalue weighted by Crippen LogP contribution is -2.38. The molecule has 1 aromatic carbocycles. The van der Waals surface area contributed by atoms with Gasteiger partial charge in [-0.25, -0.2) is 9.78 Å². The van der Waals surface area contributed by atoms with Crippen LogP contribution >= 0.6 is 11.8 Å². The SMILES string of the molecule is CSC1(Cn2c(C)nc3cc(C(=O)O)ccc32)CCC1. The van der Waals surface area contributed by atoms with Gasteiger partial charge in [0, 0.05) is 11.3 Å². The summed E-state index contributed by atoms with van der Waals surface area (Å²) >= 11 is 1.94. The molecule has 1 aromatic heterocycles. The van der Waals surface area contributed by atoms with E-state index in [-0.39, 0.29) is 0 Å². The molecule has 2 aromatic rings. The molecule has 0 unspecified atom stereocenters. The third kappa shape index (κ3) is 2.10. The maximum absolute atomic E-state index is 11.0. The smallest absolute Gasteiger partial charge is 0.335 e. The number of carboxylic acid groups (broad SMARTS) is 1. The number of nitrogens with zero attached hydrogens (tertiary/aromatic N) is 2. The second-order valence-electron chi connectivity index (χ2n) is 5.49. The van der Waals surface area contributed by atoms with Crippen LogP contribution in [0.2, 0.25) is 0 Å². The van der Waals surface area contributed by atoms with Crippen LogP contribution in [0.25, 0.3) is 11.0 Å². The normalized spacial score (nSPS) is 17.1. The van der Waals surface area contributed by atoms with Gasteiger partial charge >= 0.3 is 5.97 Å². The highest BCUT2D eigenvalue weighted by molar-refractivity contribution is 8.00. The van der Waals surface area contributed by atoms with Crippen molar-refractivity contribution in [2.45, 2.75) is 37.5 Å². The molecule has 1 heterocycles. The molecule has 0 aliphatic heterocycles. The number of fused-ring (bicyclic) bond motifs is 1. The predicted octanol–water partition coefficient (Wildman–Crippen LogP) is 3.33. The molecular weight excluding hydrogens is 272 g/mol. The van der Waals surface area contributed by atoms with E-state index in [1.165, 1.54) is 19.3 Å². The van der Waals surface area contributed by atoms with Crippen molar-refractivity contribution in [3.8, 4) is 0 Å². The fourth-order valence-corrected chi connectivity index (χ4v) is 3.82. The number of carbonyl (C=O) groups is 1. The van der Waals surface area contributed by atoms with E-state index < -0.39 is 5.97 Å². The van der Waals surface area contributed by atoms with Crippen LogP contribution in [0, 0.1) is 6.92 Å². The Morgan fingerprint density at radius 3 is 2.80 bits per heavy atom. The Kier molecular flexibility index (Phi) is 3.24. The van der Waals surface area contributed by atoms with Gasteiger partial charge in [-0.05, 0) is 44.2 Å². The third-order valence-corrected chi connectivity index (χ3v) is 5.73. The Hall–Kier alpha value is -1.49. The Balaban J connectivity index is 2.02. The number of aryl methyl sites for hydroxylation is 1. The first-order valence-corrected chi connectivity index (χ1v) is 8.02. The molecule has 0 spiro atoms. The quantitative estimate of drug-likeness (QED) is 0.938. The monoisotopic (exact) mass is 290 g/mol. The van der Waals surface area contributed by atoms with Gasteiger partial charge in [-0.3, -0.25) is 0 Å². The number of rotatable bonds is 4. The number of aromatic carboxylic acids is 1. The van der Waals surface area contributed by atoms with Gasteiger partial charge in [0.05, 0.1) is 16.6 Å². The van der Waals surface area contributed by atoms with Gasteiger partial charge in [0.2, 0.25) is 0 Å². The van der Waals surface area contributed by atoms with Gasteiger partial charge in [-0.2, -0.15) is 11.8 Å². The molecule has 1 N–H and O–H groups in total. The summed E-state index contributed by atoms with van der Waals surface area (Å²) in [6, 6.07) is 5.20. The summed E-state index contributed by atoms with van der Waals surface area (Å²) in [5.74, 6) is 0.0570. The van der Waals surface area contributed by atoms with Gasteiger partial charge < -0.3 is 9.67 Å². The summed E-state index contributed by atoms with van der Waals surface area (Å²) in [6.45, 7) is 2.95. The van der Waals surface area contributed by atoms with E-state index >= 15 is 0 Å². The van der Waals surface area contributed by atoms with Crippen LogP contribution in [-0.4, -0.2) is 31.6 Å². The summed E-state index contributed by atoms with van der Waals surface area (Å²) in [4.78, 5) is 15.6. The zero-order valence-corrected chi connectivity index (χ0v) is 12.5. The van der Waals surface area contributed by atoms with E-state index in [1.54, 1.807) is 12.1 Å². The van der Waals surface area contributed by atoms with Crippen molar-refractivity contribution in [3.63, 3.8) is 0 Å². The summed E-state index contributed by atoms with van der Waals surface area (Å²) in [5, 5.41) is 9.05. The average molecular weight is 290 g/mol. The second kappa shape index (κ2) is 4.81. The molecule has 106 valence electrons. The zero-order valence-electron chi connectivity index (χ0n) is 11.7. The van der Waals surface area contributed by atoms with Gasteiger partial charge in [0.1, 0.15) is 5.82 Å². The molecule has 1 fully saturated rings.